The second kappa shape index (κ2) is 18.2. The van der Waals surface area contributed by atoms with E-state index in [1.807, 2.05) is 81.4 Å². The number of carbonyl (C=O) groups is 2. The van der Waals surface area contributed by atoms with E-state index in [4.69, 9.17) is 4.74 Å². The van der Waals surface area contributed by atoms with E-state index in [0.717, 1.165) is 27.8 Å². The van der Waals surface area contributed by atoms with E-state index in [1.54, 1.807) is 23.7 Å². The molecule has 3 atom stereocenters. The van der Waals surface area contributed by atoms with E-state index in [9.17, 15) is 23.1 Å². The van der Waals surface area contributed by atoms with Gasteiger partial charge in [0.25, 0.3) is 0 Å². The van der Waals surface area contributed by atoms with Gasteiger partial charge in [0.1, 0.15) is 6.04 Å². The topological polar surface area (TPSA) is 138 Å². The minimum Gasteiger partial charge on any atom is -0.453 e. The summed E-state index contributed by atoms with van der Waals surface area (Å²) in [5, 5.41) is 16.5. The van der Waals surface area contributed by atoms with Crippen molar-refractivity contribution in [2.24, 2.45) is 5.92 Å². The van der Waals surface area contributed by atoms with E-state index in [0.29, 0.717) is 25.7 Å². The minimum absolute atomic E-state index is 0.0320. The van der Waals surface area contributed by atoms with Crippen molar-refractivity contribution in [1.82, 2.24) is 19.9 Å². The van der Waals surface area contributed by atoms with Gasteiger partial charge in [-0.25, -0.2) is 18.2 Å². The number of ether oxygens (including phenoxy) is 1. The number of nitrogens with zero attached hydrogens (tertiary/aromatic N) is 2. The molecule has 1 aromatic heterocycles. The highest BCUT2D eigenvalue weighted by Gasteiger charge is 2.35. The molecule has 0 bridgehead atoms. The molecule has 0 fully saturated rings. The molecule has 49 heavy (non-hydrogen) atoms. The van der Waals surface area contributed by atoms with E-state index in [-0.39, 0.29) is 35.9 Å². The molecular formula is C37H48N4O6S2. The van der Waals surface area contributed by atoms with Crippen LogP contribution in [-0.4, -0.2) is 73.2 Å². The summed E-state index contributed by atoms with van der Waals surface area (Å²) >= 11 is 1.38. The molecule has 0 aliphatic rings. The summed E-state index contributed by atoms with van der Waals surface area (Å²) in [6, 6.07) is 22.2. The van der Waals surface area contributed by atoms with Gasteiger partial charge in [-0.15, -0.1) is 11.3 Å². The van der Waals surface area contributed by atoms with Crippen LogP contribution in [0.3, 0.4) is 0 Å². The fourth-order valence-corrected chi connectivity index (χ4v) is 8.80. The average molecular weight is 709 g/mol. The van der Waals surface area contributed by atoms with E-state index in [1.165, 1.54) is 22.8 Å². The first kappa shape index (κ1) is 38.0. The second-order valence-electron chi connectivity index (χ2n) is 12.6. The van der Waals surface area contributed by atoms with Crippen LogP contribution >= 0.6 is 11.3 Å². The fraction of sp³-hybridized carbons (Fsp3) is 0.432. The number of nitrogens with one attached hydrogen (secondary N) is 2. The Hall–Kier alpha value is -3.84. The molecule has 0 saturated carbocycles. The van der Waals surface area contributed by atoms with Crippen molar-refractivity contribution in [2.75, 3.05) is 20.3 Å². The number of carbonyl (C=O) groups excluding carboxylic acids is 2. The third-order valence-electron chi connectivity index (χ3n) is 8.54. The minimum atomic E-state index is -3.91. The SMILES string of the molecule is CCC[C@@H](CCC[C@@H](CO)N(CC(C)C)S(=O)(=O)c1ccc2ncsc2c1)NC(=O)[C@@H](NC(=O)OC)C(c1ccccc1)c1ccccc1. The smallest absolute Gasteiger partial charge is 0.407 e. The van der Waals surface area contributed by atoms with E-state index in [2.05, 4.69) is 15.6 Å². The molecule has 3 N–H and O–H groups in total. The summed E-state index contributed by atoms with van der Waals surface area (Å²) in [4.78, 5) is 31.1. The summed E-state index contributed by atoms with van der Waals surface area (Å²) in [5.74, 6) is -0.797. The Morgan fingerprint density at radius 3 is 2.16 bits per heavy atom. The average Bonchev–Trinajstić information content (AvgIpc) is 3.58. The lowest BCUT2D eigenvalue weighted by atomic mass is 9.84. The first-order valence-electron chi connectivity index (χ1n) is 16.8. The third kappa shape index (κ3) is 10.1. The van der Waals surface area contributed by atoms with E-state index < -0.39 is 34.1 Å². The van der Waals surface area contributed by atoms with Gasteiger partial charge in [0.2, 0.25) is 15.9 Å². The largest absolute Gasteiger partial charge is 0.453 e. The molecule has 0 radical (unpaired) electrons. The van der Waals surface area contributed by atoms with Crippen molar-refractivity contribution < 1.29 is 27.9 Å². The summed E-state index contributed by atoms with van der Waals surface area (Å²) in [5.41, 5.74) is 4.16. The van der Waals surface area contributed by atoms with Crippen LogP contribution in [0.1, 0.15) is 69.9 Å². The number of aromatic nitrogens is 1. The van der Waals surface area contributed by atoms with Crippen LogP contribution in [0.25, 0.3) is 10.2 Å². The fourth-order valence-electron chi connectivity index (χ4n) is 6.17. The number of fused-ring (bicyclic) bond motifs is 1. The number of aliphatic hydroxyl groups excluding tert-OH is 1. The van der Waals surface area contributed by atoms with Crippen LogP contribution in [0.15, 0.2) is 89.3 Å². The number of rotatable bonds is 18. The molecule has 0 aliphatic carbocycles. The molecule has 0 unspecified atom stereocenters. The molecule has 3 aromatic carbocycles. The molecule has 10 nitrogen and oxygen atoms in total. The first-order chi connectivity index (χ1) is 23.6. The molecule has 4 rings (SSSR count). The van der Waals surface area contributed by atoms with Gasteiger partial charge in [0.15, 0.2) is 0 Å². The van der Waals surface area contributed by atoms with Crippen molar-refractivity contribution in [3.8, 4) is 0 Å². The lowest BCUT2D eigenvalue weighted by molar-refractivity contribution is -0.124. The molecule has 0 saturated heterocycles. The second-order valence-corrected chi connectivity index (χ2v) is 15.4. The number of hydrogen-bond donors (Lipinski definition) is 3. The number of methoxy groups -OCH3 is 1. The van der Waals surface area contributed by atoms with Gasteiger partial charge in [-0.2, -0.15) is 4.31 Å². The molecule has 0 aliphatic heterocycles. The zero-order valence-corrected chi connectivity index (χ0v) is 30.3. The lowest BCUT2D eigenvalue weighted by Crippen LogP contribution is -2.52. The first-order valence-corrected chi connectivity index (χ1v) is 19.1. The monoisotopic (exact) mass is 708 g/mol. The molecular weight excluding hydrogens is 661 g/mol. The standard InChI is InChI=1S/C37H48N4O6S2/c1-5-13-29(39-36(43)35(40-37(44)47-4)34(27-14-8-6-9-15-27)28-16-10-7-11-17-28)18-12-19-30(24-42)41(23-26(2)3)49(45,46)31-20-21-32-33(22-31)48-25-38-32/h6-11,14-17,20-22,25-26,29-30,34-35,42H,5,12-13,18-19,23-24H2,1-4H3,(H,39,43)(H,40,44)/t29-,30-,35-/m0/s1. The number of benzene rings is 3. The highest BCUT2D eigenvalue weighted by atomic mass is 32.2. The molecule has 12 heteroatoms. The maximum atomic E-state index is 14.1. The summed E-state index contributed by atoms with van der Waals surface area (Å²) in [7, 11) is -2.65. The van der Waals surface area contributed by atoms with Crippen LogP contribution in [-0.2, 0) is 19.6 Å². The van der Waals surface area contributed by atoms with Crippen LogP contribution in [0.5, 0.6) is 0 Å². The van der Waals surface area contributed by atoms with Gasteiger partial charge >= 0.3 is 6.09 Å². The maximum Gasteiger partial charge on any atom is 0.407 e. The van der Waals surface area contributed by atoms with Crippen molar-refractivity contribution in [3.05, 3.63) is 95.5 Å². The molecule has 2 amide bonds. The quantitative estimate of drug-likeness (QED) is 0.110. The van der Waals surface area contributed by atoms with Gasteiger partial charge < -0.3 is 20.5 Å². The maximum absolute atomic E-state index is 14.1. The highest BCUT2D eigenvalue weighted by molar-refractivity contribution is 7.89. The Morgan fingerprint density at radius 1 is 0.939 bits per heavy atom. The van der Waals surface area contributed by atoms with Crippen LogP contribution in [0, 0.1) is 5.92 Å². The summed E-state index contributed by atoms with van der Waals surface area (Å²) in [6.07, 6.45) is 2.30. The van der Waals surface area contributed by atoms with Crippen LogP contribution in [0.2, 0.25) is 0 Å². The van der Waals surface area contributed by atoms with E-state index >= 15 is 0 Å². The van der Waals surface area contributed by atoms with Crippen molar-refractivity contribution in [3.63, 3.8) is 0 Å². The highest BCUT2D eigenvalue weighted by Crippen LogP contribution is 2.30. The zero-order valence-electron chi connectivity index (χ0n) is 28.6. The Bertz CT molecular complexity index is 1690. The van der Waals surface area contributed by atoms with Gasteiger partial charge in [-0.3, -0.25) is 4.79 Å². The summed E-state index contributed by atoms with van der Waals surface area (Å²) < 4.78 is 35.1. The van der Waals surface area contributed by atoms with Gasteiger partial charge in [0, 0.05) is 24.5 Å². The van der Waals surface area contributed by atoms with Crippen LogP contribution < -0.4 is 10.6 Å². The predicted octanol–water partition coefficient (Wildman–Crippen LogP) is 6.32. The van der Waals surface area contributed by atoms with Gasteiger partial charge in [0.05, 0.1) is 34.3 Å². The zero-order chi connectivity index (χ0) is 35.4. The number of thiazole rings is 1. The van der Waals surface area contributed by atoms with Crippen molar-refractivity contribution in [2.45, 2.75) is 81.8 Å². The number of aliphatic hydroxyl groups is 1. The van der Waals surface area contributed by atoms with Gasteiger partial charge in [-0.1, -0.05) is 87.9 Å². The molecule has 0 spiro atoms. The number of alkyl carbamates (subject to hydrolysis) is 1. The van der Waals surface area contributed by atoms with Gasteiger partial charge in [-0.05, 0) is 60.9 Å². The Morgan fingerprint density at radius 2 is 1.59 bits per heavy atom. The third-order valence-corrected chi connectivity index (χ3v) is 11.2. The van der Waals surface area contributed by atoms with Crippen molar-refractivity contribution >= 4 is 43.6 Å². The molecule has 1 heterocycles. The van der Waals surface area contributed by atoms with Crippen molar-refractivity contribution in [1.29, 1.82) is 0 Å². The molecule has 264 valence electrons. The number of amides is 2. The Balaban J connectivity index is 1.53. The summed E-state index contributed by atoms with van der Waals surface area (Å²) in [6.45, 7) is 5.86. The predicted molar refractivity (Wildman–Crippen MR) is 194 cm³/mol. The lowest BCUT2D eigenvalue weighted by Gasteiger charge is -2.32. The molecule has 4 aromatic rings. The Kier molecular flexibility index (Phi) is 14.1. The normalized spacial score (nSPS) is 13.8. The number of hydrogen-bond acceptors (Lipinski definition) is 8. The van der Waals surface area contributed by atoms with Crippen LogP contribution in [0.4, 0.5) is 4.79 Å². The Labute approximate surface area is 294 Å². The number of sulfonamides is 1.